The first kappa shape index (κ1) is 18.6. The zero-order valence-electron chi connectivity index (χ0n) is 16.1. The van der Waals surface area contributed by atoms with Crippen LogP contribution in [0.5, 0.6) is 0 Å². The highest BCUT2D eigenvalue weighted by molar-refractivity contribution is 5.94. The van der Waals surface area contributed by atoms with Gasteiger partial charge in [0, 0.05) is 17.5 Å². The first-order chi connectivity index (χ1) is 14.2. The summed E-state index contributed by atoms with van der Waals surface area (Å²) in [6.45, 7) is 1.99. The van der Waals surface area contributed by atoms with E-state index in [9.17, 15) is 4.79 Å². The molecule has 0 aliphatic heterocycles. The molecule has 5 nitrogen and oxygen atoms in total. The van der Waals surface area contributed by atoms with Crippen molar-refractivity contribution < 1.29 is 9.32 Å². The molecule has 0 radical (unpaired) electrons. The molecular formula is C24H21N3O2. The van der Waals surface area contributed by atoms with Crippen LogP contribution in [0.4, 0.5) is 0 Å². The molecule has 0 fully saturated rings. The van der Waals surface area contributed by atoms with Crippen LogP contribution in [-0.4, -0.2) is 16.0 Å². The molecule has 0 saturated heterocycles. The normalized spacial score (nSPS) is 11.8. The molecule has 1 atom stereocenters. The van der Waals surface area contributed by atoms with E-state index in [1.165, 1.54) is 0 Å². The Bertz CT molecular complexity index is 1070. The highest BCUT2D eigenvalue weighted by atomic mass is 16.5. The SMILES string of the molecule is Cc1ccc(C(=O)N[C@H](Cc2ccccc2)c2nc(-c3ccccc3)no2)cc1. The summed E-state index contributed by atoms with van der Waals surface area (Å²) < 4.78 is 5.53. The fourth-order valence-corrected chi connectivity index (χ4v) is 3.08. The van der Waals surface area contributed by atoms with E-state index in [0.29, 0.717) is 23.7 Å². The van der Waals surface area contributed by atoms with Crippen LogP contribution < -0.4 is 5.32 Å². The number of aromatic nitrogens is 2. The molecule has 1 amide bonds. The van der Waals surface area contributed by atoms with Gasteiger partial charge in [-0.1, -0.05) is 83.5 Å². The Labute approximate surface area is 169 Å². The van der Waals surface area contributed by atoms with Crippen molar-refractivity contribution in [1.82, 2.24) is 15.5 Å². The van der Waals surface area contributed by atoms with Gasteiger partial charge in [0.1, 0.15) is 6.04 Å². The van der Waals surface area contributed by atoms with Crippen LogP contribution in [0.15, 0.2) is 89.5 Å². The van der Waals surface area contributed by atoms with E-state index >= 15 is 0 Å². The first-order valence-electron chi connectivity index (χ1n) is 9.49. The lowest BCUT2D eigenvalue weighted by Crippen LogP contribution is -2.30. The van der Waals surface area contributed by atoms with E-state index in [0.717, 1.165) is 16.7 Å². The second kappa shape index (κ2) is 8.52. The Morgan fingerprint density at radius 1 is 0.931 bits per heavy atom. The van der Waals surface area contributed by atoms with Crippen LogP contribution in [0, 0.1) is 6.92 Å². The van der Waals surface area contributed by atoms with Crippen LogP contribution in [0.2, 0.25) is 0 Å². The van der Waals surface area contributed by atoms with Gasteiger partial charge >= 0.3 is 0 Å². The molecule has 1 aromatic heterocycles. The molecular weight excluding hydrogens is 362 g/mol. The van der Waals surface area contributed by atoms with Crippen molar-refractivity contribution in [2.45, 2.75) is 19.4 Å². The number of nitrogens with zero attached hydrogens (tertiary/aromatic N) is 2. The van der Waals surface area contributed by atoms with E-state index in [4.69, 9.17) is 4.52 Å². The standard InChI is InChI=1S/C24H21N3O2/c1-17-12-14-20(15-13-17)23(28)25-21(16-18-8-4-2-5-9-18)24-26-22(27-29-24)19-10-6-3-7-11-19/h2-15,21H,16H2,1H3,(H,25,28)/t21-/m1/s1. The van der Waals surface area contributed by atoms with Gasteiger partial charge in [-0.3, -0.25) is 4.79 Å². The molecule has 29 heavy (non-hydrogen) atoms. The lowest BCUT2D eigenvalue weighted by Gasteiger charge is -2.15. The molecule has 0 unspecified atom stereocenters. The van der Waals surface area contributed by atoms with E-state index in [-0.39, 0.29) is 5.91 Å². The van der Waals surface area contributed by atoms with E-state index in [1.54, 1.807) is 0 Å². The third-order valence-electron chi connectivity index (χ3n) is 4.67. The topological polar surface area (TPSA) is 68.0 Å². The zero-order valence-corrected chi connectivity index (χ0v) is 16.1. The minimum absolute atomic E-state index is 0.176. The number of hydrogen-bond donors (Lipinski definition) is 1. The van der Waals surface area contributed by atoms with Gasteiger partial charge in [-0.2, -0.15) is 4.98 Å². The number of aryl methyl sites for hydroxylation is 1. The lowest BCUT2D eigenvalue weighted by atomic mass is 10.0. The second-order valence-electron chi connectivity index (χ2n) is 6.90. The summed E-state index contributed by atoms with van der Waals surface area (Å²) in [5.41, 5.74) is 3.63. The molecule has 144 valence electrons. The lowest BCUT2D eigenvalue weighted by molar-refractivity contribution is 0.0928. The van der Waals surface area contributed by atoms with Gasteiger partial charge < -0.3 is 9.84 Å². The van der Waals surface area contributed by atoms with E-state index < -0.39 is 6.04 Å². The number of nitrogens with one attached hydrogen (secondary N) is 1. The fraction of sp³-hybridized carbons (Fsp3) is 0.125. The van der Waals surface area contributed by atoms with Crippen LogP contribution in [-0.2, 0) is 6.42 Å². The van der Waals surface area contributed by atoms with Crippen molar-refractivity contribution in [3.8, 4) is 11.4 Å². The largest absolute Gasteiger partial charge is 0.340 e. The maximum Gasteiger partial charge on any atom is 0.251 e. The van der Waals surface area contributed by atoms with E-state index in [1.807, 2.05) is 91.9 Å². The van der Waals surface area contributed by atoms with Crippen molar-refractivity contribution in [2.24, 2.45) is 0 Å². The molecule has 0 bridgehead atoms. The predicted molar refractivity (Wildman–Crippen MR) is 111 cm³/mol. The van der Waals surface area contributed by atoms with Crippen molar-refractivity contribution in [3.63, 3.8) is 0 Å². The van der Waals surface area contributed by atoms with Crippen molar-refractivity contribution in [3.05, 3.63) is 108 Å². The predicted octanol–water partition coefficient (Wildman–Crippen LogP) is 4.76. The number of carbonyl (C=O) groups excluding carboxylic acids is 1. The maximum absolute atomic E-state index is 12.8. The average Bonchev–Trinajstić information content (AvgIpc) is 3.25. The molecule has 0 aliphatic carbocycles. The van der Waals surface area contributed by atoms with Crippen molar-refractivity contribution in [1.29, 1.82) is 0 Å². The molecule has 0 spiro atoms. The van der Waals surface area contributed by atoms with Gasteiger partial charge in [0.2, 0.25) is 11.7 Å². The molecule has 0 saturated carbocycles. The Morgan fingerprint density at radius 2 is 1.59 bits per heavy atom. The summed E-state index contributed by atoms with van der Waals surface area (Å²) in [6, 6.07) is 26.6. The van der Waals surface area contributed by atoms with Crippen LogP contribution in [0.3, 0.4) is 0 Å². The third kappa shape index (κ3) is 4.58. The van der Waals surface area contributed by atoms with Crippen LogP contribution >= 0.6 is 0 Å². The van der Waals surface area contributed by atoms with E-state index in [2.05, 4.69) is 15.5 Å². The zero-order chi connectivity index (χ0) is 20.1. The first-order valence-corrected chi connectivity index (χ1v) is 9.49. The molecule has 0 aliphatic rings. The smallest absolute Gasteiger partial charge is 0.251 e. The highest BCUT2D eigenvalue weighted by Crippen LogP contribution is 2.22. The number of amides is 1. The Balaban J connectivity index is 1.61. The van der Waals surface area contributed by atoms with Gasteiger partial charge in [0.05, 0.1) is 0 Å². The summed E-state index contributed by atoms with van der Waals surface area (Å²) in [5, 5.41) is 7.15. The maximum atomic E-state index is 12.8. The Kier molecular flexibility index (Phi) is 5.47. The monoisotopic (exact) mass is 383 g/mol. The van der Waals surface area contributed by atoms with Crippen molar-refractivity contribution in [2.75, 3.05) is 0 Å². The molecule has 1 heterocycles. The van der Waals surface area contributed by atoms with Gasteiger partial charge in [-0.15, -0.1) is 0 Å². The van der Waals surface area contributed by atoms with Gasteiger partial charge in [-0.25, -0.2) is 0 Å². The quantitative estimate of drug-likeness (QED) is 0.521. The van der Waals surface area contributed by atoms with Crippen LogP contribution in [0.1, 0.15) is 33.4 Å². The molecule has 4 aromatic rings. The molecule has 1 N–H and O–H groups in total. The molecule has 5 heteroatoms. The Hall–Kier alpha value is -3.73. The van der Waals surface area contributed by atoms with Gasteiger partial charge in [0.25, 0.3) is 5.91 Å². The van der Waals surface area contributed by atoms with Gasteiger partial charge in [-0.05, 0) is 24.6 Å². The van der Waals surface area contributed by atoms with Crippen LogP contribution in [0.25, 0.3) is 11.4 Å². The van der Waals surface area contributed by atoms with Gasteiger partial charge in [0.15, 0.2) is 0 Å². The number of hydrogen-bond acceptors (Lipinski definition) is 4. The summed E-state index contributed by atoms with van der Waals surface area (Å²) in [5.74, 6) is 0.710. The Morgan fingerprint density at radius 3 is 2.28 bits per heavy atom. The minimum atomic E-state index is -0.434. The summed E-state index contributed by atoms with van der Waals surface area (Å²) in [4.78, 5) is 17.4. The number of carbonyl (C=O) groups is 1. The summed E-state index contributed by atoms with van der Waals surface area (Å²) in [7, 11) is 0. The fourth-order valence-electron chi connectivity index (χ4n) is 3.08. The molecule has 4 rings (SSSR count). The van der Waals surface area contributed by atoms with Crippen molar-refractivity contribution >= 4 is 5.91 Å². The average molecular weight is 383 g/mol. The second-order valence-corrected chi connectivity index (χ2v) is 6.90. The summed E-state index contributed by atoms with van der Waals surface area (Å²) in [6.07, 6.45) is 0.550. The number of benzene rings is 3. The minimum Gasteiger partial charge on any atom is -0.340 e. The number of rotatable bonds is 6. The third-order valence-corrected chi connectivity index (χ3v) is 4.67. The summed E-state index contributed by atoms with van der Waals surface area (Å²) >= 11 is 0. The molecule has 3 aromatic carbocycles. The highest BCUT2D eigenvalue weighted by Gasteiger charge is 2.23.